The van der Waals surface area contributed by atoms with Crippen molar-refractivity contribution in [1.29, 1.82) is 0 Å². The zero-order chi connectivity index (χ0) is 17.8. The molecule has 2 heterocycles. The molecule has 4 rings (SSSR count). The summed E-state index contributed by atoms with van der Waals surface area (Å²) in [6, 6.07) is 5.93. The number of rotatable bonds is 2. The van der Waals surface area contributed by atoms with Crippen molar-refractivity contribution in [2.75, 3.05) is 0 Å². The maximum absolute atomic E-state index is 11.3. The van der Waals surface area contributed by atoms with Crippen LogP contribution < -0.4 is 10.6 Å². The van der Waals surface area contributed by atoms with Gasteiger partial charge in [0.2, 0.25) is 11.8 Å². The van der Waals surface area contributed by atoms with Crippen LogP contribution in [0.1, 0.15) is 43.5 Å². The summed E-state index contributed by atoms with van der Waals surface area (Å²) < 4.78 is 0. The Hall–Kier alpha value is -2.63. The van der Waals surface area contributed by atoms with Gasteiger partial charge in [-0.3, -0.25) is 14.9 Å². The molecule has 3 N–H and O–H groups in total. The number of nitrogens with one attached hydrogen (secondary N) is 3. The Morgan fingerprint density at radius 3 is 2.64 bits per heavy atom. The number of piperidine rings is 1. The third-order valence-corrected chi connectivity index (χ3v) is 4.56. The van der Waals surface area contributed by atoms with Gasteiger partial charge in [-0.05, 0) is 57.4 Å². The van der Waals surface area contributed by atoms with E-state index in [0.717, 1.165) is 29.7 Å². The van der Waals surface area contributed by atoms with Crippen LogP contribution >= 0.6 is 0 Å². The summed E-state index contributed by atoms with van der Waals surface area (Å²) >= 11 is 0. The van der Waals surface area contributed by atoms with Crippen LogP contribution in [0.4, 0.5) is 0 Å². The number of carbonyl (C=O) groups is 2. The third kappa shape index (κ3) is 4.26. The Bertz CT molecular complexity index is 816. The van der Waals surface area contributed by atoms with E-state index in [1.165, 1.54) is 17.6 Å². The van der Waals surface area contributed by atoms with Gasteiger partial charge in [-0.2, -0.15) is 0 Å². The number of aryl methyl sites for hydroxylation is 2. The van der Waals surface area contributed by atoms with Crippen LogP contribution in [-0.2, 0) is 9.59 Å². The van der Waals surface area contributed by atoms with E-state index in [-0.39, 0.29) is 17.9 Å². The SMILES string of the molecule is Cc1nc2c(C)cccc2[nH]1.O=C1CCC(NC=C2CCC2)C(=O)N1. The number of aromatic nitrogens is 2. The van der Waals surface area contributed by atoms with E-state index in [1.807, 2.05) is 25.3 Å². The number of aromatic amines is 1. The topological polar surface area (TPSA) is 86.9 Å². The van der Waals surface area contributed by atoms with Gasteiger partial charge in [-0.25, -0.2) is 4.98 Å². The number of allylic oxidation sites excluding steroid dienone is 1. The molecule has 132 valence electrons. The van der Waals surface area contributed by atoms with Crippen LogP contribution in [0.5, 0.6) is 0 Å². The fourth-order valence-corrected chi connectivity index (χ4v) is 2.90. The summed E-state index contributed by atoms with van der Waals surface area (Å²) in [7, 11) is 0. The number of imide groups is 1. The first-order valence-corrected chi connectivity index (χ1v) is 8.72. The van der Waals surface area contributed by atoms with Gasteiger partial charge < -0.3 is 10.3 Å². The summed E-state index contributed by atoms with van der Waals surface area (Å²) in [4.78, 5) is 29.7. The van der Waals surface area contributed by atoms with Crippen LogP contribution in [0.25, 0.3) is 11.0 Å². The highest BCUT2D eigenvalue weighted by Gasteiger charge is 2.25. The largest absolute Gasteiger partial charge is 0.380 e. The first kappa shape index (κ1) is 17.2. The van der Waals surface area contributed by atoms with Gasteiger partial charge in [0, 0.05) is 6.42 Å². The van der Waals surface area contributed by atoms with Crippen molar-refractivity contribution < 1.29 is 9.59 Å². The highest BCUT2D eigenvalue weighted by molar-refractivity contribution is 6.00. The van der Waals surface area contributed by atoms with E-state index in [1.54, 1.807) is 0 Å². The molecular formula is C19H24N4O2. The van der Waals surface area contributed by atoms with E-state index >= 15 is 0 Å². The molecule has 1 aromatic carbocycles. The number of benzene rings is 1. The predicted octanol–water partition coefficient (Wildman–Crippen LogP) is 2.63. The number of H-pyrrole nitrogens is 1. The van der Waals surface area contributed by atoms with Crippen molar-refractivity contribution in [2.45, 2.75) is 52.0 Å². The Morgan fingerprint density at radius 2 is 2.00 bits per heavy atom. The van der Waals surface area contributed by atoms with Gasteiger partial charge in [0.1, 0.15) is 11.9 Å². The van der Waals surface area contributed by atoms with Gasteiger partial charge in [-0.15, -0.1) is 0 Å². The maximum Gasteiger partial charge on any atom is 0.249 e. The Morgan fingerprint density at radius 1 is 1.20 bits per heavy atom. The number of carbonyl (C=O) groups excluding carboxylic acids is 2. The fraction of sp³-hybridized carbons (Fsp3) is 0.421. The Balaban J connectivity index is 0.000000150. The molecule has 2 aliphatic rings. The van der Waals surface area contributed by atoms with Gasteiger partial charge in [0.25, 0.3) is 0 Å². The highest BCUT2D eigenvalue weighted by Crippen LogP contribution is 2.24. The molecule has 0 radical (unpaired) electrons. The molecule has 1 saturated carbocycles. The summed E-state index contributed by atoms with van der Waals surface area (Å²) in [6.07, 6.45) is 6.51. The number of imidazole rings is 1. The van der Waals surface area contributed by atoms with E-state index in [2.05, 4.69) is 33.6 Å². The van der Waals surface area contributed by atoms with Gasteiger partial charge >= 0.3 is 0 Å². The second-order valence-electron chi connectivity index (χ2n) is 6.62. The molecule has 1 atom stereocenters. The van der Waals surface area contributed by atoms with Crippen molar-refractivity contribution >= 4 is 22.8 Å². The summed E-state index contributed by atoms with van der Waals surface area (Å²) in [6.45, 7) is 4.04. The van der Waals surface area contributed by atoms with Crippen molar-refractivity contribution in [3.63, 3.8) is 0 Å². The zero-order valence-corrected chi connectivity index (χ0v) is 14.7. The fourth-order valence-electron chi connectivity index (χ4n) is 2.90. The van der Waals surface area contributed by atoms with Crippen molar-refractivity contribution in [3.8, 4) is 0 Å². The molecule has 1 unspecified atom stereocenters. The molecule has 1 aromatic heterocycles. The summed E-state index contributed by atoms with van der Waals surface area (Å²) in [5.41, 5.74) is 4.81. The predicted molar refractivity (Wildman–Crippen MR) is 96.8 cm³/mol. The third-order valence-electron chi connectivity index (χ3n) is 4.56. The van der Waals surface area contributed by atoms with Crippen molar-refractivity contribution in [3.05, 3.63) is 41.4 Å². The highest BCUT2D eigenvalue weighted by atomic mass is 16.2. The van der Waals surface area contributed by atoms with E-state index < -0.39 is 0 Å². The lowest BCUT2D eigenvalue weighted by molar-refractivity contribution is -0.134. The standard InChI is InChI=1S/C10H14N2O2.C9H10N2/c13-9-5-4-8(10(14)12-9)11-6-7-2-1-3-7;1-6-4-3-5-8-9(6)11-7(2)10-8/h6,8,11H,1-5H2,(H,12,13,14);3-5H,1-2H3,(H,10,11). The molecule has 2 fully saturated rings. The molecule has 0 spiro atoms. The second-order valence-corrected chi connectivity index (χ2v) is 6.62. The van der Waals surface area contributed by atoms with Crippen LogP contribution in [0.2, 0.25) is 0 Å². The molecule has 6 heteroatoms. The quantitative estimate of drug-likeness (QED) is 0.734. The molecule has 6 nitrogen and oxygen atoms in total. The molecular weight excluding hydrogens is 316 g/mol. The monoisotopic (exact) mass is 340 g/mol. The normalized spacial score (nSPS) is 19.6. The molecule has 1 aliphatic carbocycles. The summed E-state index contributed by atoms with van der Waals surface area (Å²) in [5, 5.41) is 5.39. The molecule has 2 amide bonds. The van der Waals surface area contributed by atoms with Gasteiger partial charge in [0.15, 0.2) is 0 Å². The zero-order valence-electron chi connectivity index (χ0n) is 14.7. The lowest BCUT2D eigenvalue weighted by Gasteiger charge is -2.23. The van der Waals surface area contributed by atoms with Crippen LogP contribution in [-0.4, -0.2) is 27.8 Å². The Kier molecular flexibility index (Phi) is 5.16. The maximum atomic E-state index is 11.3. The van der Waals surface area contributed by atoms with Gasteiger partial charge in [-0.1, -0.05) is 17.7 Å². The number of nitrogens with zero attached hydrogens (tertiary/aromatic N) is 1. The minimum atomic E-state index is -0.221. The van der Waals surface area contributed by atoms with Crippen LogP contribution in [0.15, 0.2) is 30.0 Å². The number of amides is 2. The molecule has 25 heavy (non-hydrogen) atoms. The van der Waals surface area contributed by atoms with Crippen LogP contribution in [0, 0.1) is 13.8 Å². The lowest BCUT2D eigenvalue weighted by atomic mass is 9.93. The molecule has 2 aromatic rings. The first-order chi connectivity index (χ1) is 12.0. The molecule has 1 aliphatic heterocycles. The molecule has 1 saturated heterocycles. The number of hydrogen-bond acceptors (Lipinski definition) is 4. The van der Waals surface area contributed by atoms with Gasteiger partial charge in [0.05, 0.1) is 11.0 Å². The van der Waals surface area contributed by atoms with E-state index in [9.17, 15) is 9.59 Å². The summed E-state index contributed by atoms with van der Waals surface area (Å²) in [5.74, 6) is 0.621. The smallest absolute Gasteiger partial charge is 0.249 e. The first-order valence-electron chi connectivity index (χ1n) is 8.72. The van der Waals surface area contributed by atoms with Crippen molar-refractivity contribution in [2.24, 2.45) is 0 Å². The van der Waals surface area contributed by atoms with Crippen LogP contribution in [0.3, 0.4) is 0 Å². The number of para-hydroxylation sites is 1. The van der Waals surface area contributed by atoms with E-state index in [4.69, 9.17) is 0 Å². The Labute approximate surface area is 147 Å². The minimum Gasteiger partial charge on any atom is -0.380 e. The lowest BCUT2D eigenvalue weighted by Crippen LogP contribution is -2.49. The molecule has 0 bridgehead atoms. The number of hydrogen-bond donors (Lipinski definition) is 3. The average Bonchev–Trinajstić information content (AvgIpc) is 2.90. The van der Waals surface area contributed by atoms with Crippen molar-refractivity contribution in [1.82, 2.24) is 20.6 Å². The minimum absolute atomic E-state index is 0.163. The second kappa shape index (κ2) is 7.51. The number of fused-ring (bicyclic) bond motifs is 1. The van der Waals surface area contributed by atoms with E-state index in [0.29, 0.717) is 12.8 Å². The average molecular weight is 340 g/mol.